The van der Waals surface area contributed by atoms with E-state index in [0.717, 1.165) is 0 Å². The zero-order valence-corrected chi connectivity index (χ0v) is 13.6. The molecule has 0 aliphatic carbocycles. The number of ether oxygens (including phenoxy) is 2. The van der Waals surface area contributed by atoms with Crippen LogP contribution in [-0.2, 0) is 4.79 Å². The van der Waals surface area contributed by atoms with Crippen LogP contribution in [0.25, 0.3) is 0 Å². The summed E-state index contributed by atoms with van der Waals surface area (Å²) in [5, 5.41) is 3.41. The molecule has 6 heteroatoms. The second-order valence-electron chi connectivity index (χ2n) is 4.52. The molecular formula is C16H15Cl2NO3. The number of hydrogen-bond donors (Lipinski definition) is 1. The van der Waals surface area contributed by atoms with E-state index in [2.05, 4.69) is 5.32 Å². The highest BCUT2D eigenvalue weighted by molar-refractivity contribution is 6.39. The van der Waals surface area contributed by atoms with Crippen molar-refractivity contribution in [3.05, 3.63) is 52.5 Å². The number of hydrogen-bond acceptors (Lipinski definition) is 3. The Kier molecular flexibility index (Phi) is 5.52. The summed E-state index contributed by atoms with van der Waals surface area (Å²) in [6.45, 7) is 1.64. The molecular weight excluding hydrogens is 325 g/mol. The maximum Gasteiger partial charge on any atom is 0.265 e. The van der Waals surface area contributed by atoms with E-state index in [1.54, 1.807) is 56.5 Å². The predicted octanol–water partition coefficient (Wildman–Crippen LogP) is 4.41. The first-order chi connectivity index (χ1) is 10.5. The topological polar surface area (TPSA) is 47.6 Å². The van der Waals surface area contributed by atoms with Crippen LogP contribution in [0.2, 0.25) is 10.0 Å². The minimum absolute atomic E-state index is 0.349. The number of methoxy groups -OCH3 is 1. The van der Waals surface area contributed by atoms with E-state index < -0.39 is 6.10 Å². The zero-order valence-electron chi connectivity index (χ0n) is 12.1. The first-order valence-corrected chi connectivity index (χ1v) is 7.32. The Morgan fingerprint density at radius 3 is 2.32 bits per heavy atom. The van der Waals surface area contributed by atoms with Gasteiger partial charge in [-0.3, -0.25) is 4.79 Å². The molecule has 0 spiro atoms. The lowest BCUT2D eigenvalue weighted by molar-refractivity contribution is -0.122. The van der Waals surface area contributed by atoms with Gasteiger partial charge in [0.05, 0.1) is 22.8 Å². The van der Waals surface area contributed by atoms with Crippen LogP contribution in [0.5, 0.6) is 11.5 Å². The molecule has 2 aromatic carbocycles. The van der Waals surface area contributed by atoms with Crippen LogP contribution in [0.15, 0.2) is 42.5 Å². The lowest BCUT2D eigenvalue weighted by atomic mass is 10.3. The van der Waals surface area contributed by atoms with Crippen molar-refractivity contribution in [2.24, 2.45) is 0 Å². The Labute approximate surface area is 138 Å². The highest BCUT2D eigenvalue weighted by atomic mass is 35.5. The summed E-state index contributed by atoms with van der Waals surface area (Å²) in [4.78, 5) is 12.2. The molecule has 0 heterocycles. The van der Waals surface area contributed by atoms with Gasteiger partial charge in [-0.05, 0) is 31.2 Å². The lowest BCUT2D eigenvalue weighted by Gasteiger charge is -2.16. The van der Waals surface area contributed by atoms with Gasteiger partial charge < -0.3 is 14.8 Å². The first-order valence-electron chi connectivity index (χ1n) is 6.57. The van der Waals surface area contributed by atoms with Crippen LogP contribution < -0.4 is 14.8 Å². The maximum atomic E-state index is 12.2. The molecule has 0 radical (unpaired) electrons. The Hall–Kier alpha value is -1.91. The molecule has 2 aromatic rings. The monoisotopic (exact) mass is 339 g/mol. The molecule has 0 saturated heterocycles. The quantitative estimate of drug-likeness (QED) is 0.877. The van der Waals surface area contributed by atoms with Gasteiger partial charge in [-0.1, -0.05) is 35.3 Å². The third-order valence-corrected chi connectivity index (χ3v) is 3.56. The number of carbonyl (C=O) groups is 1. The molecule has 0 fully saturated rings. The van der Waals surface area contributed by atoms with Crippen LogP contribution in [0.4, 0.5) is 5.69 Å². The lowest BCUT2D eigenvalue weighted by Crippen LogP contribution is -2.30. The van der Waals surface area contributed by atoms with Crippen molar-refractivity contribution in [2.45, 2.75) is 13.0 Å². The van der Waals surface area contributed by atoms with Gasteiger partial charge in [-0.15, -0.1) is 0 Å². The molecule has 0 aliphatic heterocycles. The molecule has 0 aromatic heterocycles. The number of anilines is 1. The molecule has 1 unspecified atom stereocenters. The molecule has 116 valence electrons. The van der Waals surface area contributed by atoms with Gasteiger partial charge in [0.15, 0.2) is 6.10 Å². The van der Waals surface area contributed by atoms with Crippen LogP contribution in [0.3, 0.4) is 0 Å². The average Bonchev–Trinajstić information content (AvgIpc) is 2.51. The summed E-state index contributed by atoms with van der Waals surface area (Å²) < 4.78 is 10.7. The molecule has 22 heavy (non-hydrogen) atoms. The van der Waals surface area contributed by atoms with E-state index in [-0.39, 0.29) is 5.91 Å². The Morgan fingerprint density at radius 2 is 1.68 bits per heavy atom. The molecule has 2 rings (SSSR count). The van der Waals surface area contributed by atoms with E-state index >= 15 is 0 Å². The van der Waals surface area contributed by atoms with Gasteiger partial charge >= 0.3 is 0 Å². The Bertz CT molecular complexity index is 656. The van der Waals surface area contributed by atoms with Crippen LogP contribution in [0, 0.1) is 0 Å². The fourth-order valence-electron chi connectivity index (χ4n) is 1.77. The Balaban J connectivity index is 2.06. The smallest absolute Gasteiger partial charge is 0.265 e. The highest BCUT2D eigenvalue weighted by Crippen LogP contribution is 2.30. The Morgan fingerprint density at radius 1 is 1.09 bits per heavy atom. The molecule has 0 aliphatic rings. The number of rotatable bonds is 5. The van der Waals surface area contributed by atoms with Crippen molar-refractivity contribution in [1.82, 2.24) is 0 Å². The normalized spacial score (nSPS) is 11.6. The summed E-state index contributed by atoms with van der Waals surface area (Å²) in [6.07, 6.45) is -0.723. The number of nitrogens with one attached hydrogen (secondary N) is 1. The third kappa shape index (κ3) is 4.06. The number of para-hydroxylation sites is 1. The van der Waals surface area contributed by atoms with Gasteiger partial charge in [0.2, 0.25) is 0 Å². The number of carbonyl (C=O) groups excluding carboxylic acids is 1. The van der Waals surface area contributed by atoms with Crippen LogP contribution >= 0.6 is 23.2 Å². The van der Waals surface area contributed by atoms with E-state index in [1.807, 2.05) is 0 Å². The molecule has 0 saturated carbocycles. The number of amides is 1. The van der Waals surface area contributed by atoms with E-state index in [4.69, 9.17) is 32.7 Å². The van der Waals surface area contributed by atoms with Crippen LogP contribution in [0.1, 0.15) is 6.92 Å². The third-order valence-electron chi connectivity index (χ3n) is 2.93. The summed E-state index contributed by atoms with van der Waals surface area (Å²) in [5.41, 5.74) is 0.372. The van der Waals surface area contributed by atoms with Gasteiger partial charge in [0, 0.05) is 6.07 Å². The fraction of sp³-hybridized carbons (Fsp3) is 0.188. The van der Waals surface area contributed by atoms with Crippen molar-refractivity contribution < 1.29 is 14.3 Å². The molecule has 1 amide bonds. The van der Waals surface area contributed by atoms with Gasteiger partial charge in [-0.25, -0.2) is 0 Å². The predicted molar refractivity (Wildman–Crippen MR) is 88.2 cm³/mol. The summed E-state index contributed by atoms with van der Waals surface area (Å²) >= 11 is 12.0. The highest BCUT2D eigenvalue weighted by Gasteiger charge is 2.17. The van der Waals surface area contributed by atoms with Gasteiger partial charge in [0.25, 0.3) is 5.91 Å². The second kappa shape index (κ2) is 7.38. The van der Waals surface area contributed by atoms with Crippen molar-refractivity contribution in [3.63, 3.8) is 0 Å². The van der Waals surface area contributed by atoms with Crippen molar-refractivity contribution in [3.8, 4) is 11.5 Å². The van der Waals surface area contributed by atoms with E-state index in [0.29, 0.717) is 27.2 Å². The zero-order chi connectivity index (χ0) is 16.1. The molecule has 0 bridgehead atoms. The second-order valence-corrected chi connectivity index (χ2v) is 5.34. The first kappa shape index (κ1) is 16.5. The molecule has 4 nitrogen and oxygen atoms in total. The van der Waals surface area contributed by atoms with E-state index in [9.17, 15) is 4.79 Å². The van der Waals surface area contributed by atoms with Gasteiger partial charge in [-0.2, -0.15) is 0 Å². The van der Waals surface area contributed by atoms with Crippen molar-refractivity contribution in [2.75, 3.05) is 12.4 Å². The average molecular weight is 340 g/mol. The van der Waals surface area contributed by atoms with Crippen LogP contribution in [-0.4, -0.2) is 19.1 Å². The minimum atomic E-state index is -0.723. The summed E-state index contributed by atoms with van der Waals surface area (Å²) in [6, 6.07) is 12.0. The maximum absolute atomic E-state index is 12.2. The largest absolute Gasteiger partial charge is 0.497 e. The van der Waals surface area contributed by atoms with Crippen molar-refractivity contribution in [1.29, 1.82) is 0 Å². The van der Waals surface area contributed by atoms with Crippen molar-refractivity contribution >= 4 is 34.8 Å². The minimum Gasteiger partial charge on any atom is -0.497 e. The standard InChI is InChI=1S/C16H15Cl2NO3/c1-10(22-12-6-3-5-11(9-12)21-2)16(20)19-15-13(17)7-4-8-14(15)18/h3-10H,1-2H3,(H,19,20). The number of benzene rings is 2. The molecule has 1 atom stereocenters. The molecule has 1 N–H and O–H groups in total. The summed E-state index contributed by atoms with van der Waals surface area (Å²) in [5.74, 6) is 0.837. The SMILES string of the molecule is COc1cccc(OC(C)C(=O)Nc2c(Cl)cccc2Cl)c1. The summed E-state index contributed by atoms with van der Waals surface area (Å²) in [7, 11) is 1.56. The fourth-order valence-corrected chi connectivity index (χ4v) is 2.27. The van der Waals surface area contributed by atoms with Gasteiger partial charge in [0.1, 0.15) is 11.5 Å². The van der Waals surface area contributed by atoms with E-state index in [1.165, 1.54) is 0 Å². The number of halogens is 2.